The smallest absolute Gasteiger partial charge is 0.349 e. The van der Waals surface area contributed by atoms with Gasteiger partial charge in [0.1, 0.15) is 17.3 Å². The summed E-state index contributed by atoms with van der Waals surface area (Å²) in [6.07, 6.45) is -0.611. The van der Waals surface area contributed by atoms with E-state index in [0.717, 1.165) is 12.8 Å². The fraction of sp³-hybridized carbons (Fsp3) is 0.500. The van der Waals surface area contributed by atoms with Gasteiger partial charge in [-0.25, -0.2) is 19.7 Å². The minimum absolute atomic E-state index is 0.0187. The number of aryl methyl sites for hydroxylation is 1. The van der Waals surface area contributed by atoms with Crippen molar-refractivity contribution < 1.29 is 13.2 Å². The number of fused-ring (bicyclic) bond motifs is 1. The van der Waals surface area contributed by atoms with Crippen LogP contribution >= 0.6 is 0 Å². The van der Waals surface area contributed by atoms with Crippen LogP contribution in [0.25, 0.3) is 11.0 Å². The molecule has 9 nitrogen and oxygen atoms in total. The molecule has 3 aromatic rings. The van der Waals surface area contributed by atoms with Crippen LogP contribution in [0.2, 0.25) is 0 Å². The molecule has 1 aliphatic rings. The molecule has 4 heterocycles. The van der Waals surface area contributed by atoms with Crippen molar-refractivity contribution in [1.82, 2.24) is 29.4 Å². The summed E-state index contributed by atoms with van der Waals surface area (Å²) >= 11 is 0. The second-order valence-corrected chi connectivity index (χ2v) is 8.94. The molecule has 3 atom stereocenters. The Balaban J connectivity index is 1.70. The van der Waals surface area contributed by atoms with Crippen molar-refractivity contribution in [3.63, 3.8) is 0 Å². The molecule has 0 spiro atoms. The van der Waals surface area contributed by atoms with E-state index >= 15 is 0 Å². The first-order valence-electron chi connectivity index (χ1n) is 11.8. The van der Waals surface area contributed by atoms with Crippen molar-refractivity contribution in [3.8, 4) is 6.07 Å². The zero-order valence-electron chi connectivity index (χ0n) is 20.5. The van der Waals surface area contributed by atoms with Crippen molar-refractivity contribution in [3.05, 3.63) is 52.1 Å². The standard InChI is InChI=1S/C24H27F3N8O/c1-5-17-13-35(21-20-19(33(4)23(36)32-21)8-7-16(9-28)31-20)18(6-2)12-34(17)14(3)15-10-29-22(30-11-15)24(25,26)27/h7-8,10-11,14,17-18H,5-6,12-13H2,1-4H3/t14?,17-,18?/m1/s1. The average molecular weight is 501 g/mol. The molecule has 12 heteroatoms. The molecular weight excluding hydrogens is 473 g/mol. The quantitative estimate of drug-likeness (QED) is 0.525. The van der Waals surface area contributed by atoms with Crippen molar-refractivity contribution in [2.24, 2.45) is 7.05 Å². The van der Waals surface area contributed by atoms with E-state index in [-0.39, 0.29) is 23.8 Å². The molecule has 0 N–H and O–H groups in total. The van der Waals surface area contributed by atoms with Gasteiger partial charge in [-0.2, -0.15) is 23.4 Å². The normalized spacial score (nSPS) is 19.9. The Bertz CT molecular complexity index is 1350. The maximum atomic E-state index is 12.9. The number of halogens is 3. The number of nitriles is 1. The Morgan fingerprint density at radius 1 is 1.11 bits per heavy atom. The van der Waals surface area contributed by atoms with E-state index in [4.69, 9.17) is 0 Å². The number of alkyl halides is 3. The molecule has 0 amide bonds. The highest BCUT2D eigenvalue weighted by Gasteiger charge is 2.38. The summed E-state index contributed by atoms with van der Waals surface area (Å²) in [5, 5.41) is 9.37. The van der Waals surface area contributed by atoms with Crippen LogP contribution in [0.15, 0.2) is 29.3 Å². The monoisotopic (exact) mass is 500 g/mol. The summed E-state index contributed by atoms with van der Waals surface area (Å²) in [4.78, 5) is 32.9. The molecule has 190 valence electrons. The first kappa shape index (κ1) is 25.5. The first-order valence-corrected chi connectivity index (χ1v) is 11.8. The minimum Gasteiger partial charge on any atom is -0.349 e. The number of nitrogens with zero attached hydrogens (tertiary/aromatic N) is 8. The second-order valence-electron chi connectivity index (χ2n) is 8.94. The molecule has 1 saturated heterocycles. The SMILES string of the molecule is CCC1CN(C(C)c2cnc(C(F)(F)F)nc2)[C@H](CC)CN1c1nc(=O)n(C)c2ccc(C#N)nc12. The highest BCUT2D eigenvalue weighted by atomic mass is 19.4. The number of aromatic nitrogens is 5. The van der Waals surface area contributed by atoms with Gasteiger partial charge in [-0.15, -0.1) is 0 Å². The summed E-state index contributed by atoms with van der Waals surface area (Å²) in [5.74, 6) is -0.713. The number of anilines is 1. The molecule has 0 radical (unpaired) electrons. The topological polar surface area (TPSA) is 104 Å². The number of rotatable bonds is 5. The fourth-order valence-electron chi connectivity index (χ4n) is 4.78. The molecule has 3 aromatic heterocycles. The lowest BCUT2D eigenvalue weighted by Crippen LogP contribution is -2.59. The van der Waals surface area contributed by atoms with E-state index in [9.17, 15) is 23.2 Å². The van der Waals surface area contributed by atoms with E-state index in [1.54, 1.807) is 19.2 Å². The second kappa shape index (κ2) is 9.81. The lowest BCUT2D eigenvalue weighted by atomic mass is 9.98. The molecular formula is C24H27F3N8O. The lowest BCUT2D eigenvalue weighted by molar-refractivity contribution is -0.145. The molecule has 0 aliphatic carbocycles. The van der Waals surface area contributed by atoms with Crippen molar-refractivity contribution in [2.75, 3.05) is 18.0 Å². The highest BCUT2D eigenvalue weighted by molar-refractivity contribution is 5.86. The summed E-state index contributed by atoms with van der Waals surface area (Å²) < 4.78 is 40.1. The summed E-state index contributed by atoms with van der Waals surface area (Å²) in [6, 6.07) is 5.08. The van der Waals surface area contributed by atoms with E-state index in [2.05, 4.69) is 29.7 Å². The van der Waals surface area contributed by atoms with Gasteiger partial charge in [0.15, 0.2) is 5.82 Å². The van der Waals surface area contributed by atoms with Gasteiger partial charge in [-0.05, 0) is 31.9 Å². The summed E-state index contributed by atoms with van der Waals surface area (Å²) in [7, 11) is 1.62. The van der Waals surface area contributed by atoms with Gasteiger partial charge in [-0.1, -0.05) is 13.8 Å². The molecule has 1 aliphatic heterocycles. The molecule has 0 saturated carbocycles. The van der Waals surface area contributed by atoms with Gasteiger partial charge >= 0.3 is 11.9 Å². The van der Waals surface area contributed by atoms with Crippen molar-refractivity contribution in [1.29, 1.82) is 5.26 Å². The molecule has 4 rings (SSSR count). The van der Waals surface area contributed by atoms with Crippen LogP contribution in [-0.2, 0) is 13.2 Å². The predicted octanol–water partition coefficient (Wildman–Crippen LogP) is 3.45. The zero-order chi connectivity index (χ0) is 26.2. The third-order valence-electron chi connectivity index (χ3n) is 6.91. The van der Waals surface area contributed by atoms with Gasteiger partial charge in [0.25, 0.3) is 0 Å². The maximum absolute atomic E-state index is 12.9. The van der Waals surface area contributed by atoms with Gasteiger partial charge in [-0.3, -0.25) is 9.47 Å². The molecule has 0 aromatic carbocycles. The predicted molar refractivity (Wildman–Crippen MR) is 127 cm³/mol. The van der Waals surface area contributed by atoms with Gasteiger partial charge in [0.05, 0.1) is 5.52 Å². The first-order chi connectivity index (χ1) is 17.1. The Morgan fingerprint density at radius 2 is 1.78 bits per heavy atom. The fourth-order valence-corrected chi connectivity index (χ4v) is 4.78. The molecule has 2 unspecified atom stereocenters. The lowest BCUT2D eigenvalue weighted by Gasteiger charge is -2.49. The van der Waals surface area contributed by atoms with Gasteiger partial charge in [0.2, 0.25) is 5.82 Å². The molecule has 1 fully saturated rings. The minimum atomic E-state index is -4.59. The maximum Gasteiger partial charge on any atom is 0.451 e. The summed E-state index contributed by atoms with van der Waals surface area (Å²) in [5.41, 5.74) is 1.50. The molecule has 0 bridgehead atoms. The number of hydrogen-bond donors (Lipinski definition) is 0. The van der Waals surface area contributed by atoms with Crippen molar-refractivity contribution in [2.45, 2.75) is 57.9 Å². The number of pyridine rings is 1. The van der Waals surface area contributed by atoms with E-state index < -0.39 is 17.7 Å². The van der Waals surface area contributed by atoms with Gasteiger partial charge < -0.3 is 4.90 Å². The Morgan fingerprint density at radius 3 is 2.36 bits per heavy atom. The van der Waals surface area contributed by atoms with Crippen LogP contribution < -0.4 is 10.6 Å². The third-order valence-corrected chi connectivity index (χ3v) is 6.91. The summed E-state index contributed by atoms with van der Waals surface area (Å²) in [6.45, 7) is 7.14. The highest BCUT2D eigenvalue weighted by Crippen LogP contribution is 2.34. The average Bonchev–Trinajstić information content (AvgIpc) is 2.88. The van der Waals surface area contributed by atoms with Crippen LogP contribution in [-0.4, -0.2) is 54.6 Å². The number of piperazine rings is 1. The van der Waals surface area contributed by atoms with Crippen LogP contribution in [0.4, 0.5) is 19.0 Å². The Labute approximate surface area is 206 Å². The Hall–Kier alpha value is -3.59. The van der Waals surface area contributed by atoms with E-state index in [0.29, 0.717) is 35.5 Å². The van der Waals surface area contributed by atoms with Crippen LogP contribution in [0.1, 0.15) is 56.7 Å². The van der Waals surface area contributed by atoms with E-state index in [1.165, 1.54) is 17.0 Å². The third kappa shape index (κ3) is 4.63. The Kier molecular flexibility index (Phi) is 6.95. The number of hydrogen-bond acceptors (Lipinski definition) is 8. The largest absolute Gasteiger partial charge is 0.451 e. The van der Waals surface area contributed by atoms with E-state index in [1.807, 2.05) is 26.8 Å². The van der Waals surface area contributed by atoms with Crippen molar-refractivity contribution >= 4 is 16.9 Å². The van der Waals surface area contributed by atoms with Crippen LogP contribution in [0, 0.1) is 11.3 Å². The van der Waals surface area contributed by atoms with Crippen LogP contribution in [0.3, 0.4) is 0 Å². The zero-order valence-corrected chi connectivity index (χ0v) is 20.5. The van der Waals surface area contributed by atoms with Crippen LogP contribution in [0.5, 0.6) is 0 Å². The molecule has 36 heavy (non-hydrogen) atoms. The van der Waals surface area contributed by atoms with Gasteiger partial charge in [0, 0.05) is 56.2 Å².